The first-order valence-corrected chi connectivity index (χ1v) is 3.41. The summed E-state index contributed by atoms with van der Waals surface area (Å²) in [5.41, 5.74) is -0.0807. The number of aldehydes is 2. The summed E-state index contributed by atoms with van der Waals surface area (Å²) >= 11 is 0. The standard InChI is InChI=1S/C8H14O2/c1-8(2,3)7(6-10)4-5-9/h5-7H,4H2,1-3H3. The van der Waals surface area contributed by atoms with Crippen LogP contribution in [-0.2, 0) is 9.59 Å². The summed E-state index contributed by atoms with van der Waals surface area (Å²) in [6.45, 7) is 5.86. The van der Waals surface area contributed by atoms with Crippen LogP contribution in [0.5, 0.6) is 0 Å². The molecule has 0 spiro atoms. The lowest BCUT2D eigenvalue weighted by Crippen LogP contribution is -2.21. The van der Waals surface area contributed by atoms with E-state index < -0.39 is 0 Å². The average molecular weight is 142 g/mol. The summed E-state index contributed by atoms with van der Waals surface area (Å²) in [6.07, 6.45) is 1.99. The van der Waals surface area contributed by atoms with Crippen molar-refractivity contribution < 1.29 is 9.59 Å². The Morgan fingerprint density at radius 1 is 1.30 bits per heavy atom. The molecule has 10 heavy (non-hydrogen) atoms. The van der Waals surface area contributed by atoms with Crippen LogP contribution in [0.1, 0.15) is 27.2 Å². The molecule has 0 aromatic rings. The van der Waals surface area contributed by atoms with Gasteiger partial charge in [-0.2, -0.15) is 0 Å². The van der Waals surface area contributed by atoms with Crippen molar-refractivity contribution in [3.63, 3.8) is 0 Å². The van der Waals surface area contributed by atoms with Crippen LogP contribution in [0.15, 0.2) is 0 Å². The predicted molar refractivity (Wildman–Crippen MR) is 39.7 cm³/mol. The number of rotatable bonds is 3. The van der Waals surface area contributed by atoms with Gasteiger partial charge in [0.15, 0.2) is 0 Å². The lowest BCUT2D eigenvalue weighted by molar-refractivity contribution is -0.118. The van der Waals surface area contributed by atoms with Crippen LogP contribution in [0.3, 0.4) is 0 Å². The van der Waals surface area contributed by atoms with Gasteiger partial charge >= 0.3 is 0 Å². The SMILES string of the molecule is CC(C)(C)C(C=O)CC=O. The minimum absolute atomic E-state index is 0.0807. The lowest BCUT2D eigenvalue weighted by atomic mass is 9.80. The van der Waals surface area contributed by atoms with Crippen molar-refractivity contribution in [2.75, 3.05) is 0 Å². The van der Waals surface area contributed by atoms with Gasteiger partial charge in [-0.15, -0.1) is 0 Å². The van der Waals surface area contributed by atoms with Gasteiger partial charge in [0.1, 0.15) is 12.6 Å². The van der Waals surface area contributed by atoms with Gasteiger partial charge in [0.05, 0.1) is 0 Å². The zero-order valence-electron chi connectivity index (χ0n) is 6.76. The quantitative estimate of drug-likeness (QED) is 0.559. The number of carbonyl (C=O) groups is 2. The molecule has 0 saturated carbocycles. The fraction of sp³-hybridized carbons (Fsp3) is 0.750. The molecule has 0 aromatic heterocycles. The zero-order chi connectivity index (χ0) is 8.20. The molecule has 0 amide bonds. The van der Waals surface area contributed by atoms with Crippen LogP contribution in [0.4, 0.5) is 0 Å². The highest BCUT2D eigenvalue weighted by Gasteiger charge is 2.22. The Bertz CT molecular complexity index is 122. The smallest absolute Gasteiger partial charge is 0.124 e. The van der Waals surface area contributed by atoms with E-state index in [-0.39, 0.29) is 11.3 Å². The van der Waals surface area contributed by atoms with Crippen LogP contribution in [0.2, 0.25) is 0 Å². The summed E-state index contributed by atoms with van der Waals surface area (Å²) in [6, 6.07) is 0. The van der Waals surface area contributed by atoms with Crippen molar-refractivity contribution in [2.45, 2.75) is 27.2 Å². The normalized spacial score (nSPS) is 14.3. The van der Waals surface area contributed by atoms with Crippen LogP contribution >= 0.6 is 0 Å². The fourth-order valence-corrected chi connectivity index (χ4v) is 0.717. The second-order valence-electron chi connectivity index (χ2n) is 3.51. The molecule has 0 saturated heterocycles. The Balaban J connectivity index is 4.05. The Morgan fingerprint density at radius 2 is 1.80 bits per heavy atom. The van der Waals surface area contributed by atoms with Gasteiger partial charge in [-0.05, 0) is 5.41 Å². The fourth-order valence-electron chi connectivity index (χ4n) is 0.717. The summed E-state index contributed by atoms with van der Waals surface area (Å²) < 4.78 is 0. The van der Waals surface area contributed by atoms with E-state index in [1.165, 1.54) is 0 Å². The molecule has 0 aliphatic carbocycles. The molecular weight excluding hydrogens is 128 g/mol. The largest absolute Gasteiger partial charge is 0.303 e. The van der Waals surface area contributed by atoms with E-state index in [9.17, 15) is 9.59 Å². The first kappa shape index (κ1) is 9.34. The Labute approximate surface area is 61.6 Å². The molecule has 0 aliphatic rings. The second kappa shape index (κ2) is 3.49. The first-order chi connectivity index (χ1) is 4.52. The van der Waals surface area contributed by atoms with Gasteiger partial charge in [-0.1, -0.05) is 20.8 Å². The minimum atomic E-state index is -0.134. The van der Waals surface area contributed by atoms with Crippen LogP contribution in [0.25, 0.3) is 0 Å². The summed E-state index contributed by atoms with van der Waals surface area (Å²) in [5, 5.41) is 0. The van der Waals surface area contributed by atoms with E-state index in [0.29, 0.717) is 6.42 Å². The topological polar surface area (TPSA) is 34.1 Å². The minimum Gasteiger partial charge on any atom is -0.303 e. The maximum atomic E-state index is 10.4. The van der Waals surface area contributed by atoms with E-state index in [1.807, 2.05) is 20.8 Å². The van der Waals surface area contributed by atoms with Crippen LogP contribution < -0.4 is 0 Å². The van der Waals surface area contributed by atoms with E-state index in [1.54, 1.807) is 0 Å². The monoisotopic (exact) mass is 142 g/mol. The molecule has 1 unspecified atom stereocenters. The van der Waals surface area contributed by atoms with E-state index in [0.717, 1.165) is 12.6 Å². The third-order valence-corrected chi connectivity index (χ3v) is 1.63. The molecule has 0 heterocycles. The molecule has 0 aromatic carbocycles. The molecule has 2 heteroatoms. The molecule has 0 radical (unpaired) electrons. The maximum absolute atomic E-state index is 10.4. The van der Waals surface area contributed by atoms with E-state index in [4.69, 9.17) is 0 Å². The molecule has 0 fully saturated rings. The van der Waals surface area contributed by atoms with Gasteiger partial charge in [0.25, 0.3) is 0 Å². The van der Waals surface area contributed by atoms with Gasteiger partial charge < -0.3 is 9.59 Å². The summed E-state index contributed by atoms with van der Waals surface area (Å²) in [4.78, 5) is 20.4. The second-order valence-corrected chi connectivity index (χ2v) is 3.51. The maximum Gasteiger partial charge on any atom is 0.124 e. The molecule has 0 aliphatic heterocycles. The molecule has 0 rings (SSSR count). The van der Waals surface area contributed by atoms with Crippen LogP contribution in [-0.4, -0.2) is 12.6 Å². The highest BCUT2D eigenvalue weighted by atomic mass is 16.1. The van der Waals surface area contributed by atoms with Crippen LogP contribution in [0, 0.1) is 11.3 Å². The summed E-state index contributed by atoms with van der Waals surface area (Å²) in [5.74, 6) is -0.134. The average Bonchev–Trinajstić information content (AvgIpc) is 1.80. The number of hydrogen-bond donors (Lipinski definition) is 0. The molecular formula is C8H14O2. The molecule has 1 atom stereocenters. The van der Waals surface area contributed by atoms with Crippen molar-refractivity contribution in [2.24, 2.45) is 11.3 Å². The third kappa shape index (κ3) is 2.76. The van der Waals surface area contributed by atoms with Crippen molar-refractivity contribution in [3.8, 4) is 0 Å². The van der Waals surface area contributed by atoms with Crippen molar-refractivity contribution in [1.29, 1.82) is 0 Å². The highest BCUT2D eigenvalue weighted by Crippen LogP contribution is 2.25. The lowest BCUT2D eigenvalue weighted by Gasteiger charge is -2.23. The van der Waals surface area contributed by atoms with Crippen molar-refractivity contribution in [1.82, 2.24) is 0 Å². The summed E-state index contributed by atoms with van der Waals surface area (Å²) in [7, 11) is 0. The Morgan fingerprint density at radius 3 is 1.90 bits per heavy atom. The molecule has 58 valence electrons. The Kier molecular flexibility index (Phi) is 3.26. The van der Waals surface area contributed by atoms with Gasteiger partial charge in [-0.25, -0.2) is 0 Å². The van der Waals surface area contributed by atoms with E-state index >= 15 is 0 Å². The third-order valence-electron chi connectivity index (χ3n) is 1.63. The molecule has 2 nitrogen and oxygen atoms in total. The first-order valence-electron chi connectivity index (χ1n) is 3.41. The van der Waals surface area contributed by atoms with Gasteiger partial charge in [0.2, 0.25) is 0 Å². The van der Waals surface area contributed by atoms with Gasteiger partial charge in [-0.3, -0.25) is 0 Å². The van der Waals surface area contributed by atoms with Crippen molar-refractivity contribution in [3.05, 3.63) is 0 Å². The van der Waals surface area contributed by atoms with E-state index in [2.05, 4.69) is 0 Å². The molecule has 0 N–H and O–H groups in total. The zero-order valence-corrected chi connectivity index (χ0v) is 6.76. The number of carbonyl (C=O) groups excluding carboxylic acids is 2. The Hall–Kier alpha value is -0.660. The molecule has 0 bridgehead atoms. The van der Waals surface area contributed by atoms with Gasteiger partial charge in [0, 0.05) is 12.3 Å². The number of hydrogen-bond acceptors (Lipinski definition) is 2. The predicted octanol–water partition coefficient (Wildman–Crippen LogP) is 1.44. The van der Waals surface area contributed by atoms with Crippen molar-refractivity contribution >= 4 is 12.6 Å². The highest BCUT2D eigenvalue weighted by molar-refractivity contribution is 5.62.